The Labute approximate surface area is 166 Å². The van der Waals surface area contributed by atoms with Crippen molar-refractivity contribution >= 4 is 23.4 Å². The number of piperidine rings is 1. The van der Waals surface area contributed by atoms with Gasteiger partial charge in [-0.05, 0) is 51.7 Å². The summed E-state index contributed by atoms with van der Waals surface area (Å²) in [6.07, 6.45) is 1.50. The number of nitrogens with one attached hydrogen (secondary N) is 2. The average molecular weight is 383 g/mol. The van der Waals surface area contributed by atoms with Crippen LogP contribution in [0, 0.1) is 20.8 Å². The first-order valence-corrected chi connectivity index (χ1v) is 9.83. The molecule has 1 amide bonds. The number of hydrogen-bond acceptors (Lipinski definition) is 6. The van der Waals surface area contributed by atoms with E-state index in [0.29, 0.717) is 25.5 Å². The summed E-state index contributed by atoms with van der Waals surface area (Å²) in [6, 6.07) is 8.43. The van der Waals surface area contributed by atoms with Gasteiger partial charge in [-0.1, -0.05) is 18.2 Å². The first kappa shape index (κ1) is 19.9. The van der Waals surface area contributed by atoms with E-state index in [1.165, 1.54) is 11.1 Å². The fourth-order valence-electron chi connectivity index (χ4n) is 3.48. The molecule has 0 bridgehead atoms. The van der Waals surface area contributed by atoms with Crippen molar-refractivity contribution in [3.63, 3.8) is 0 Å². The van der Waals surface area contributed by atoms with Crippen molar-refractivity contribution in [3.05, 3.63) is 41.2 Å². The van der Waals surface area contributed by atoms with E-state index in [1.54, 1.807) is 4.90 Å². The van der Waals surface area contributed by atoms with Crippen LogP contribution in [0.15, 0.2) is 24.3 Å². The summed E-state index contributed by atoms with van der Waals surface area (Å²) < 4.78 is 5.08. The molecule has 1 aliphatic heterocycles. The van der Waals surface area contributed by atoms with Gasteiger partial charge in [-0.2, -0.15) is 0 Å². The SMILES string of the molecule is CCOC(=O)N1CCC(Nc2cc(Nc3c(C)cccc3C)nc(C)n2)CC1. The van der Waals surface area contributed by atoms with Crippen LogP contribution in [0.3, 0.4) is 0 Å². The first-order valence-electron chi connectivity index (χ1n) is 9.83. The van der Waals surface area contributed by atoms with Crippen LogP contribution in [-0.2, 0) is 4.74 Å². The van der Waals surface area contributed by atoms with Crippen molar-refractivity contribution in [1.29, 1.82) is 0 Å². The van der Waals surface area contributed by atoms with Crippen LogP contribution in [0.1, 0.15) is 36.7 Å². The van der Waals surface area contributed by atoms with Gasteiger partial charge in [0.15, 0.2) is 0 Å². The van der Waals surface area contributed by atoms with Crippen molar-refractivity contribution in [1.82, 2.24) is 14.9 Å². The minimum Gasteiger partial charge on any atom is -0.450 e. The van der Waals surface area contributed by atoms with E-state index < -0.39 is 0 Å². The number of likely N-dealkylation sites (tertiary alicyclic amines) is 1. The highest BCUT2D eigenvalue weighted by atomic mass is 16.6. The molecule has 7 nitrogen and oxygen atoms in total. The number of nitrogens with zero attached hydrogens (tertiary/aromatic N) is 3. The molecule has 2 heterocycles. The Hall–Kier alpha value is -2.83. The van der Waals surface area contributed by atoms with E-state index in [2.05, 4.69) is 52.6 Å². The number of benzene rings is 1. The normalized spacial score (nSPS) is 14.6. The molecule has 0 spiro atoms. The molecule has 3 rings (SSSR count). The number of anilines is 3. The van der Waals surface area contributed by atoms with Gasteiger partial charge in [-0.25, -0.2) is 14.8 Å². The van der Waals surface area contributed by atoms with E-state index in [-0.39, 0.29) is 12.1 Å². The van der Waals surface area contributed by atoms with Crippen LogP contribution >= 0.6 is 0 Å². The van der Waals surface area contributed by atoms with Gasteiger partial charge in [0.05, 0.1) is 6.61 Å². The van der Waals surface area contributed by atoms with Gasteiger partial charge in [-0.15, -0.1) is 0 Å². The topological polar surface area (TPSA) is 79.4 Å². The van der Waals surface area contributed by atoms with Gasteiger partial charge >= 0.3 is 6.09 Å². The Kier molecular flexibility index (Phi) is 6.34. The molecule has 1 aromatic heterocycles. The molecule has 150 valence electrons. The molecule has 1 fully saturated rings. The Morgan fingerprint density at radius 2 is 1.79 bits per heavy atom. The summed E-state index contributed by atoms with van der Waals surface area (Å²) in [5.74, 6) is 2.29. The number of ether oxygens (including phenoxy) is 1. The molecular formula is C21H29N5O2. The van der Waals surface area contributed by atoms with Gasteiger partial charge in [0.2, 0.25) is 0 Å². The highest BCUT2D eigenvalue weighted by Gasteiger charge is 2.23. The van der Waals surface area contributed by atoms with E-state index in [0.717, 1.165) is 30.2 Å². The van der Waals surface area contributed by atoms with E-state index >= 15 is 0 Å². The highest BCUT2D eigenvalue weighted by molar-refractivity contribution is 5.68. The fraction of sp³-hybridized carbons (Fsp3) is 0.476. The predicted octanol–water partition coefficient (Wildman–Crippen LogP) is 4.18. The molecule has 2 aromatic rings. The summed E-state index contributed by atoms with van der Waals surface area (Å²) in [7, 11) is 0. The van der Waals surface area contributed by atoms with Crippen LogP contribution in [-0.4, -0.2) is 46.7 Å². The smallest absolute Gasteiger partial charge is 0.409 e. The zero-order chi connectivity index (χ0) is 20.1. The number of rotatable bonds is 5. The van der Waals surface area contributed by atoms with Crippen molar-refractivity contribution in [2.45, 2.75) is 46.6 Å². The summed E-state index contributed by atoms with van der Waals surface area (Å²) in [5, 5.41) is 6.93. The number of aromatic nitrogens is 2. The summed E-state index contributed by atoms with van der Waals surface area (Å²) >= 11 is 0. The van der Waals surface area contributed by atoms with E-state index in [9.17, 15) is 4.79 Å². The number of carbonyl (C=O) groups is 1. The standard InChI is InChI=1S/C21H29N5O2/c1-5-28-21(27)26-11-9-17(10-12-26)24-18-13-19(23-16(4)22-18)25-20-14(2)7-6-8-15(20)3/h6-8,13,17H,5,9-12H2,1-4H3,(H2,22,23,24,25). The Morgan fingerprint density at radius 3 is 2.43 bits per heavy atom. The van der Waals surface area contributed by atoms with Crippen molar-refractivity contribution in [3.8, 4) is 0 Å². The molecule has 28 heavy (non-hydrogen) atoms. The molecule has 7 heteroatoms. The van der Waals surface area contributed by atoms with Crippen molar-refractivity contribution in [2.24, 2.45) is 0 Å². The maximum Gasteiger partial charge on any atom is 0.409 e. The largest absolute Gasteiger partial charge is 0.450 e. The average Bonchev–Trinajstić information content (AvgIpc) is 2.65. The minimum atomic E-state index is -0.223. The summed E-state index contributed by atoms with van der Waals surface area (Å²) in [5.41, 5.74) is 3.43. The quantitative estimate of drug-likeness (QED) is 0.806. The number of carbonyl (C=O) groups excluding carboxylic acids is 1. The minimum absolute atomic E-state index is 0.223. The van der Waals surface area contributed by atoms with Crippen LogP contribution < -0.4 is 10.6 Å². The number of amides is 1. The molecule has 0 unspecified atom stereocenters. The predicted molar refractivity (Wildman–Crippen MR) is 111 cm³/mol. The van der Waals surface area contributed by atoms with Gasteiger partial charge in [0.25, 0.3) is 0 Å². The van der Waals surface area contributed by atoms with Gasteiger partial charge in [-0.3, -0.25) is 0 Å². The molecule has 1 aliphatic rings. The third-order valence-corrected chi connectivity index (χ3v) is 4.95. The lowest BCUT2D eigenvalue weighted by Crippen LogP contribution is -2.42. The Balaban J connectivity index is 1.65. The van der Waals surface area contributed by atoms with Crippen LogP contribution in [0.25, 0.3) is 0 Å². The Bertz CT molecular complexity index is 811. The maximum atomic E-state index is 11.8. The molecule has 0 saturated carbocycles. The molecule has 0 radical (unpaired) electrons. The van der Waals surface area contributed by atoms with Gasteiger partial charge in [0.1, 0.15) is 17.5 Å². The lowest BCUT2D eigenvalue weighted by Gasteiger charge is -2.31. The summed E-state index contributed by atoms with van der Waals surface area (Å²) in [6.45, 7) is 9.67. The first-order chi connectivity index (χ1) is 13.5. The third kappa shape index (κ3) is 4.91. The Morgan fingerprint density at radius 1 is 1.14 bits per heavy atom. The molecule has 0 atom stereocenters. The molecular weight excluding hydrogens is 354 g/mol. The van der Waals surface area contributed by atoms with Crippen LogP contribution in [0.5, 0.6) is 0 Å². The zero-order valence-electron chi connectivity index (χ0n) is 17.1. The van der Waals surface area contributed by atoms with Crippen molar-refractivity contribution < 1.29 is 9.53 Å². The van der Waals surface area contributed by atoms with Crippen LogP contribution in [0.4, 0.5) is 22.1 Å². The second kappa shape index (κ2) is 8.91. The second-order valence-corrected chi connectivity index (χ2v) is 7.18. The van der Waals surface area contributed by atoms with Crippen LogP contribution in [0.2, 0.25) is 0 Å². The monoisotopic (exact) mass is 383 g/mol. The molecule has 0 aliphatic carbocycles. The number of aryl methyl sites for hydroxylation is 3. The molecule has 1 aromatic carbocycles. The fourth-order valence-corrected chi connectivity index (χ4v) is 3.48. The lowest BCUT2D eigenvalue weighted by molar-refractivity contribution is 0.0983. The zero-order valence-corrected chi connectivity index (χ0v) is 17.1. The second-order valence-electron chi connectivity index (χ2n) is 7.18. The molecule has 2 N–H and O–H groups in total. The highest BCUT2D eigenvalue weighted by Crippen LogP contribution is 2.25. The number of para-hydroxylation sites is 1. The third-order valence-electron chi connectivity index (χ3n) is 4.95. The van der Waals surface area contributed by atoms with E-state index in [4.69, 9.17) is 4.74 Å². The maximum absolute atomic E-state index is 11.8. The summed E-state index contributed by atoms with van der Waals surface area (Å²) in [4.78, 5) is 22.7. The van der Waals surface area contributed by atoms with E-state index in [1.807, 2.05) is 19.9 Å². The van der Waals surface area contributed by atoms with Gasteiger partial charge in [0, 0.05) is 30.9 Å². The lowest BCUT2D eigenvalue weighted by atomic mass is 10.1. The van der Waals surface area contributed by atoms with Crippen molar-refractivity contribution in [2.75, 3.05) is 30.3 Å². The number of hydrogen-bond donors (Lipinski definition) is 2. The van der Waals surface area contributed by atoms with Gasteiger partial charge < -0.3 is 20.3 Å². The molecule has 1 saturated heterocycles.